The van der Waals surface area contributed by atoms with Crippen molar-refractivity contribution in [2.75, 3.05) is 24.6 Å². The summed E-state index contributed by atoms with van der Waals surface area (Å²) in [5.74, 6) is 2.19. The molecule has 27 heavy (non-hydrogen) atoms. The molecule has 144 valence electrons. The number of carbonyl (C=O) groups is 1. The molecule has 0 bridgehead atoms. The molecule has 0 amide bonds. The minimum atomic E-state index is -3.54. The van der Waals surface area contributed by atoms with Crippen molar-refractivity contribution in [2.45, 2.75) is 17.9 Å². The summed E-state index contributed by atoms with van der Waals surface area (Å²) in [6.45, 7) is 1.15. The second-order valence-electron chi connectivity index (χ2n) is 6.04. The lowest BCUT2D eigenvalue weighted by molar-refractivity contribution is -0.107. The topological polar surface area (TPSA) is 63.7 Å². The number of benzene rings is 2. The summed E-state index contributed by atoms with van der Waals surface area (Å²) in [6, 6.07) is 11.9. The molecular formula is C19H20ClNO4S2. The van der Waals surface area contributed by atoms with Crippen molar-refractivity contribution in [3.05, 3.63) is 58.6 Å². The van der Waals surface area contributed by atoms with Gasteiger partial charge in [0.05, 0.1) is 4.90 Å². The maximum absolute atomic E-state index is 12.9. The van der Waals surface area contributed by atoms with Gasteiger partial charge < -0.3 is 9.53 Å². The van der Waals surface area contributed by atoms with Crippen LogP contribution in [0.15, 0.2) is 47.4 Å². The van der Waals surface area contributed by atoms with Crippen molar-refractivity contribution in [1.29, 1.82) is 0 Å². The number of hydrogen-bond acceptors (Lipinski definition) is 5. The lowest BCUT2D eigenvalue weighted by Crippen LogP contribution is -2.37. The molecule has 2 aromatic carbocycles. The van der Waals surface area contributed by atoms with Crippen LogP contribution in [0, 0.1) is 0 Å². The number of para-hydroxylation sites is 1. The SMILES string of the molecule is O=CCc1ccccc1OCc1cc(S(=O)(=O)N2CCSCC2)ccc1Cl. The summed E-state index contributed by atoms with van der Waals surface area (Å²) in [5.41, 5.74) is 1.36. The smallest absolute Gasteiger partial charge is 0.243 e. The van der Waals surface area contributed by atoms with Gasteiger partial charge in [0, 0.05) is 47.2 Å². The molecule has 0 saturated carbocycles. The van der Waals surface area contributed by atoms with Gasteiger partial charge in [0.1, 0.15) is 18.6 Å². The predicted molar refractivity (Wildman–Crippen MR) is 108 cm³/mol. The highest BCUT2D eigenvalue weighted by Gasteiger charge is 2.26. The highest BCUT2D eigenvalue weighted by atomic mass is 35.5. The summed E-state index contributed by atoms with van der Waals surface area (Å²) < 4.78 is 33.0. The third kappa shape index (κ3) is 4.85. The van der Waals surface area contributed by atoms with E-state index >= 15 is 0 Å². The first-order valence-electron chi connectivity index (χ1n) is 8.53. The number of aldehydes is 1. The zero-order chi connectivity index (χ0) is 19.3. The fraction of sp³-hybridized carbons (Fsp3) is 0.316. The second-order valence-corrected chi connectivity index (χ2v) is 9.61. The Labute approximate surface area is 168 Å². The molecule has 0 atom stereocenters. The third-order valence-electron chi connectivity index (χ3n) is 4.28. The number of ether oxygens (including phenoxy) is 1. The Morgan fingerprint density at radius 2 is 1.85 bits per heavy atom. The molecule has 3 rings (SSSR count). The van der Waals surface area contributed by atoms with Gasteiger partial charge in [-0.15, -0.1) is 0 Å². The Kier molecular flexibility index (Phi) is 6.81. The minimum Gasteiger partial charge on any atom is -0.489 e. The van der Waals surface area contributed by atoms with E-state index in [0.29, 0.717) is 29.4 Å². The summed E-state index contributed by atoms with van der Waals surface area (Å²) in [7, 11) is -3.54. The van der Waals surface area contributed by atoms with Gasteiger partial charge in [0.2, 0.25) is 10.0 Å². The number of halogens is 1. The number of nitrogens with zero attached hydrogens (tertiary/aromatic N) is 1. The molecule has 1 saturated heterocycles. The monoisotopic (exact) mass is 425 g/mol. The Morgan fingerprint density at radius 3 is 2.59 bits per heavy atom. The largest absolute Gasteiger partial charge is 0.489 e. The highest BCUT2D eigenvalue weighted by Crippen LogP contribution is 2.27. The number of hydrogen-bond donors (Lipinski definition) is 0. The highest BCUT2D eigenvalue weighted by molar-refractivity contribution is 7.99. The van der Waals surface area contributed by atoms with Crippen molar-refractivity contribution in [3.8, 4) is 5.75 Å². The van der Waals surface area contributed by atoms with Crippen LogP contribution in [0.2, 0.25) is 5.02 Å². The van der Waals surface area contributed by atoms with Crippen LogP contribution < -0.4 is 4.74 Å². The summed E-state index contributed by atoms with van der Waals surface area (Å²) >= 11 is 8.01. The van der Waals surface area contributed by atoms with Gasteiger partial charge in [-0.25, -0.2) is 8.42 Å². The van der Waals surface area contributed by atoms with E-state index in [4.69, 9.17) is 16.3 Å². The average Bonchev–Trinajstić information content (AvgIpc) is 2.69. The first-order chi connectivity index (χ1) is 13.0. The van der Waals surface area contributed by atoms with E-state index < -0.39 is 10.0 Å². The van der Waals surface area contributed by atoms with Crippen LogP contribution >= 0.6 is 23.4 Å². The van der Waals surface area contributed by atoms with Crippen molar-refractivity contribution >= 4 is 39.7 Å². The normalized spacial score (nSPS) is 15.4. The summed E-state index contributed by atoms with van der Waals surface area (Å²) in [4.78, 5) is 11.0. The molecule has 5 nitrogen and oxygen atoms in total. The molecule has 0 aliphatic carbocycles. The lowest BCUT2D eigenvalue weighted by atomic mass is 10.1. The molecule has 8 heteroatoms. The Hall–Kier alpha value is -1.54. The minimum absolute atomic E-state index is 0.119. The van der Waals surface area contributed by atoms with Gasteiger partial charge >= 0.3 is 0 Å². The lowest BCUT2D eigenvalue weighted by Gasteiger charge is -2.25. The van der Waals surface area contributed by atoms with Gasteiger partial charge in [-0.2, -0.15) is 16.1 Å². The molecule has 0 spiro atoms. The van der Waals surface area contributed by atoms with E-state index in [1.165, 1.54) is 10.4 Å². The molecule has 1 fully saturated rings. The first-order valence-corrected chi connectivity index (χ1v) is 11.5. The zero-order valence-corrected chi connectivity index (χ0v) is 17.0. The Balaban J connectivity index is 1.81. The quantitative estimate of drug-likeness (QED) is 0.636. The fourth-order valence-electron chi connectivity index (χ4n) is 2.82. The number of carbonyl (C=O) groups excluding carboxylic acids is 1. The molecule has 1 heterocycles. The van der Waals surface area contributed by atoms with Crippen molar-refractivity contribution in [3.63, 3.8) is 0 Å². The van der Waals surface area contributed by atoms with Crippen LogP contribution in [0.3, 0.4) is 0 Å². The Bertz CT molecular complexity index is 912. The average molecular weight is 426 g/mol. The maximum atomic E-state index is 12.9. The predicted octanol–water partition coefficient (Wildman–Crippen LogP) is 3.40. The van der Waals surface area contributed by atoms with Gasteiger partial charge in [-0.1, -0.05) is 29.8 Å². The van der Waals surface area contributed by atoms with E-state index in [-0.39, 0.29) is 17.9 Å². The second kappa shape index (κ2) is 9.10. The van der Waals surface area contributed by atoms with Crippen LogP contribution in [-0.4, -0.2) is 43.6 Å². The van der Waals surface area contributed by atoms with Gasteiger partial charge in [-0.3, -0.25) is 0 Å². The van der Waals surface area contributed by atoms with Gasteiger partial charge in [0.15, 0.2) is 0 Å². The molecule has 0 N–H and O–H groups in total. The van der Waals surface area contributed by atoms with Gasteiger partial charge in [0.25, 0.3) is 0 Å². The van der Waals surface area contributed by atoms with Crippen molar-refractivity contribution in [1.82, 2.24) is 4.31 Å². The van der Waals surface area contributed by atoms with Crippen LogP contribution in [0.1, 0.15) is 11.1 Å². The van der Waals surface area contributed by atoms with E-state index in [1.54, 1.807) is 30.0 Å². The number of rotatable bonds is 7. The molecular weight excluding hydrogens is 406 g/mol. The zero-order valence-electron chi connectivity index (χ0n) is 14.6. The molecule has 1 aliphatic rings. The molecule has 0 unspecified atom stereocenters. The number of sulfonamides is 1. The maximum Gasteiger partial charge on any atom is 0.243 e. The number of thioether (sulfide) groups is 1. The van der Waals surface area contributed by atoms with Crippen LogP contribution in [-0.2, 0) is 27.8 Å². The molecule has 0 radical (unpaired) electrons. The summed E-state index contributed by atoms with van der Waals surface area (Å²) in [6.07, 6.45) is 1.07. The van der Waals surface area contributed by atoms with E-state index in [0.717, 1.165) is 23.4 Å². The van der Waals surface area contributed by atoms with Crippen LogP contribution in [0.5, 0.6) is 5.75 Å². The Morgan fingerprint density at radius 1 is 1.11 bits per heavy atom. The van der Waals surface area contributed by atoms with E-state index in [1.807, 2.05) is 18.2 Å². The molecule has 2 aromatic rings. The van der Waals surface area contributed by atoms with E-state index in [2.05, 4.69) is 0 Å². The summed E-state index contributed by atoms with van der Waals surface area (Å²) in [5, 5.41) is 0.441. The molecule has 0 aromatic heterocycles. The fourth-order valence-corrected chi connectivity index (χ4v) is 5.62. The van der Waals surface area contributed by atoms with Crippen molar-refractivity contribution < 1.29 is 17.9 Å². The molecule has 1 aliphatic heterocycles. The van der Waals surface area contributed by atoms with Crippen LogP contribution in [0.4, 0.5) is 0 Å². The van der Waals surface area contributed by atoms with Crippen molar-refractivity contribution in [2.24, 2.45) is 0 Å². The first kappa shape index (κ1) is 20.2. The van der Waals surface area contributed by atoms with Crippen LogP contribution in [0.25, 0.3) is 0 Å². The third-order valence-corrected chi connectivity index (χ3v) is 7.49. The standard InChI is InChI=1S/C19H20ClNO4S2/c20-18-6-5-17(27(23,24)21-8-11-26-12-9-21)13-16(18)14-25-19-4-2-1-3-15(19)7-10-22/h1-6,10,13H,7-9,11-12,14H2. The van der Waals surface area contributed by atoms with E-state index in [9.17, 15) is 13.2 Å². The van der Waals surface area contributed by atoms with Gasteiger partial charge in [-0.05, 0) is 24.3 Å².